The van der Waals surface area contributed by atoms with Crippen LogP contribution in [0.15, 0.2) is 0 Å². The summed E-state index contributed by atoms with van der Waals surface area (Å²) in [4.78, 5) is 9.67. The molecule has 100 valence electrons. The topological polar surface area (TPSA) is 58.9 Å². The molecule has 0 saturated heterocycles. The van der Waals surface area contributed by atoms with Gasteiger partial charge in [-0.3, -0.25) is 0 Å². The molecule has 0 aromatic carbocycles. The van der Waals surface area contributed by atoms with Crippen molar-refractivity contribution in [1.29, 1.82) is 0 Å². The van der Waals surface area contributed by atoms with E-state index in [2.05, 4.69) is 6.92 Å². The minimum Gasteiger partial charge on any atom is -0.396 e. The number of hydrogen-bond donors (Lipinski definition) is 2. The first kappa shape index (κ1) is 18.2. The van der Waals surface area contributed by atoms with E-state index < -0.39 is 6.10 Å². The molecule has 0 amide bonds. The lowest BCUT2D eigenvalue weighted by Gasteiger charge is -2.09. The van der Waals surface area contributed by atoms with Crippen molar-refractivity contribution in [1.82, 2.24) is 0 Å². The summed E-state index contributed by atoms with van der Waals surface area (Å²) in [5.74, 6) is 0. The van der Waals surface area contributed by atoms with E-state index in [1.807, 2.05) is 13.8 Å². The van der Waals surface area contributed by atoms with Crippen LogP contribution in [-0.2, 0) is 9.78 Å². The summed E-state index contributed by atoms with van der Waals surface area (Å²) in [6, 6.07) is 0. The molecule has 4 nitrogen and oxygen atoms in total. The quantitative estimate of drug-likeness (QED) is 0.347. The van der Waals surface area contributed by atoms with Crippen molar-refractivity contribution in [3.8, 4) is 0 Å². The van der Waals surface area contributed by atoms with Gasteiger partial charge in [-0.2, -0.15) is 0 Å². The van der Waals surface area contributed by atoms with Gasteiger partial charge >= 0.3 is 0 Å². The first-order valence-electron chi connectivity index (χ1n) is 6.34. The molecule has 0 aliphatic rings. The van der Waals surface area contributed by atoms with Crippen LogP contribution in [0.25, 0.3) is 0 Å². The average Bonchev–Trinajstić information content (AvgIpc) is 2.33. The molecule has 0 aromatic rings. The Bertz CT molecular complexity index is 109. The van der Waals surface area contributed by atoms with Gasteiger partial charge in [0, 0.05) is 6.61 Å². The van der Waals surface area contributed by atoms with Gasteiger partial charge in [0.15, 0.2) is 0 Å². The Kier molecular flexibility index (Phi) is 19.6. The van der Waals surface area contributed by atoms with Crippen LogP contribution in [0.2, 0.25) is 0 Å². The standard InChI is InChI=1S/C10H22O4.C2H6/c1-2-3-4-8-13-14-9-10(12)6-5-7-11;1-2/h10-12H,2-9H2,1H3;1-2H3/t10-;/m0./s1. The summed E-state index contributed by atoms with van der Waals surface area (Å²) < 4.78 is 0. The van der Waals surface area contributed by atoms with E-state index >= 15 is 0 Å². The van der Waals surface area contributed by atoms with Crippen LogP contribution in [-0.4, -0.2) is 36.1 Å². The van der Waals surface area contributed by atoms with Gasteiger partial charge < -0.3 is 10.2 Å². The molecule has 0 aromatic heterocycles. The smallest absolute Gasteiger partial charge is 0.108 e. The van der Waals surface area contributed by atoms with Crippen molar-refractivity contribution < 1.29 is 20.0 Å². The van der Waals surface area contributed by atoms with Crippen molar-refractivity contribution in [2.45, 2.75) is 59.0 Å². The Morgan fingerprint density at radius 2 is 1.75 bits per heavy atom. The zero-order valence-electron chi connectivity index (χ0n) is 10.9. The summed E-state index contributed by atoms with van der Waals surface area (Å²) in [6.07, 6.45) is 3.89. The summed E-state index contributed by atoms with van der Waals surface area (Å²) in [5, 5.41) is 17.8. The van der Waals surface area contributed by atoms with Crippen LogP contribution < -0.4 is 0 Å². The van der Waals surface area contributed by atoms with Crippen LogP contribution in [0.1, 0.15) is 52.9 Å². The van der Waals surface area contributed by atoms with Crippen LogP contribution in [0, 0.1) is 0 Å². The lowest BCUT2D eigenvalue weighted by atomic mass is 10.2. The highest BCUT2D eigenvalue weighted by molar-refractivity contribution is 4.51. The number of aliphatic hydroxyl groups is 2. The van der Waals surface area contributed by atoms with E-state index in [9.17, 15) is 5.11 Å². The lowest BCUT2D eigenvalue weighted by Crippen LogP contribution is -2.16. The van der Waals surface area contributed by atoms with Crippen LogP contribution in [0.4, 0.5) is 0 Å². The van der Waals surface area contributed by atoms with Gasteiger partial charge in [-0.05, 0) is 19.3 Å². The predicted molar refractivity (Wildman–Crippen MR) is 65.1 cm³/mol. The Balaban J connectivity index is 0. The molecule has 2 N–H and O–H groups in total. The summed E-state index contributed by atoms with van der Waals surface area (Å²) >= 11 is 0. The van der Waals surface area contributed by atoms with Crippen molar-refractivity contribution in [3.05, 3.63) is 0 Å². The third kappa shape index (κ3) is 16.3. The molecule has 0 rings (SSSR count). The van der Waals surface area contributed by atoms with E-state index in [1.165, 1.54) is 0 Å². The Morgan fingerprint density at radius 3 is 2.31 bits per heavy atom. The maximum atomic E-state index is 9.27. The predicted octanol–water partition coefficient (Wildman–Crippen LogP) is 2.28. The van der Waals surface area contributed by atoms with Gasteiger partial charge in [0.05, 0.1) is 12.7 Å². The highest BCUT2D eigenvalue weighted by atomic mass is 17.2. The van der Waals surface area contributed by atoms with Gasteiger partial charge in [-0.1, -0.05) is 33.6 Å². The third-order valence-electron chi connectivity index (χ3n) is 1.87. The summed E-state index contributed by atoms with van der Waals surface area (Å²) in [7, 11) is 0. The SMILES string of the molecule is CC.CCCCCOOC[C@@H](O)CCCO. The zero-order valence-corrected chi connectivity index (χ0v) is 10.9. The number of unbranched alkanes of at least 4 members (excludes halogenated alkanes) is 2. The van der Waals surface area contributed by atoms with E-state index in [4.69, 9.17) is 14.9 Å². The molecule has 0 saturated carbocycles. The molecule has 0 radical (unpaired) electrons. The number of rotatable bonds is 10. The molecule has 0 fully saturated rings. The largest absolute Gasteiger partial charge is 0.396 e. The summed E-state index contributed by atoms with van der Waals surface area (Å²) in [6.45, 7) is 7.00. The fourth-order valence-electron chi connectivity index (χ4n) is 1.01. The van der Waals surface area contributed by atoms with E-state index in [-0.39, 0.29) is 13.2 Å². The molecular weight excluding hydrogens is 208 g/mol. The van der Waals surface area contributed by atoms with Crippen LogP contribution in [0.3, 0.4) is 0 Å². The summed E-state index contributed by atoms with van der Waals surface area (Å²) in [5.41, 5.74) is 0. The van der Waals surface area contributed by atoms with Crippen LogP contribution >= 0.6 is 0 Å². The highest BCUT2D eigenvalue weighted by Crippen LogP contribution is 1.99. The second-order valence-electron chi connectivity index (χ2n) is 3.33. The number of aliphatic hydroxyl groups excluding tert-OH is 2. The minimum atomic E-state index is -0.534. The Labute approximate surface area is 99.5 Å². The second-order valence-corrected chi connectivity index (χ2v) is 3.33. The Hall–Kier alpha value is -0.160. The normalized spacial score (nSPS) is 11.8. The number of hydrogen-bond acceptors (Lipinski definition) is 4. The second kappa shape index (κ2) is 17.2. The molecule has 4 heteroatoms. The fourth-order valence-corrected chi connectivity index (χ4v) is 1.01. The van der Waals surface area contributed by atoms with Crippen molar-refractivity contribution in [2.24, 2.45) is 0 Å². The molecule has 0 aliphatic heterocycles. The molecule has 0 heterocycles. The lowest BCUT2D eigenvalue weighted by molar-refractivity contribution is -0.305. The molecule has 0 bridgehead atoms. The fraction of sp³-hybridized carbons (Fsp3) is 1.00. The van der Waals surface area contributed by atoms with E-state index in [0.29, 0.717) is 19.4 Å². The molecule has 16 heavy (non-hydrogen) atoms. The maximum Gasteiger partial charge on any atom is 0.108 e. The van der Waals surface area contributed by atoms with Gasteiger partial charge in [-0.15, -0.1) is 0 Å². The first-order valence-corrected chi connectivity index (χ1v) is 6.34. The maximum absolute atomic E-state index is 9.27. The van der Waals surface area contributed by atoms with Gasteiger partial charge in [-0.25, -0.2) is 9.78 Å². The van der Waals surface area contributed by atoms with E-state index in [0.717, 1.165) is 19.3 Å². The van der Waals surface area contributed by atoms with E-state index in [1.54, 1.807) is 0 Å². The van der Waals surface area contributed by atoms with Crippen molar-refractivity contribution >= 4 is 0 Å². The molecular formula is C12H28O4. The minimum absolute atomic E-state index is 0.106. The van der Waals surface area contributed by atoms with Gasteiger partial charge in [0.2, 0.25) is 0 Å². The monoisotopic (exact) mass is 236 g/mol. The molecule has 0 spiro atoms. The van der Waals surface area contributed by atoms with Gasteiger partial charge in [0.25, 0.3) is 0 Å². The zero-order chi connectivity index (χ0) is 12.6. The molecule has 0 unspecified atom stereocenters. The van der Waals surface area contributed by atoms with Gasteiger partial charge in [0.1, 0.15) is 6.61 Å². The van der Waals surface area contributed by atoms with Crippen molar-refractivity contribution in [2.75, 3.05) is 19.8 Å². The Morgan fingerprint density at radius 1 is 1.06 bits per heavy atom. The van der Waals surface area contributed by atoms with Crippen molar-refractivity contribution in [3.63, 3.8) is 0 Å². The molecule has 1 atom stereocenters. The first-order chi connectivity index (χ1) is 7.81. The average molecular weight is 236 g/mol. The molecule has 0 aliphatic carbocycles. The van der Waals surface area contributed by atoms with Crippen LogP contribution in [0.5, 0.6) is 0 Å². The third-order valence-corrected chi connectivity index (χ3v) is 1.87. The highest BCUT2D eigenvalue weighted by Gasteiger charge is 2.03.